The Labute approximate surface area is 162 Å². The van der Waals surface area contributed by atoms with E-state index in [9.17, 15) is 17.6 Å². The van der Waals surface area contributed by atoms with Crippen molar-refractivity contribution in [3.8, 4) is 0 Å². The number of piperazine rings is 1. The predicted molar refractivity (Wildman–Crippen MR) is 102 cm³/mol. The fraction of sp³-hybridized carbons (Fsp3) is 0.389. The van der Waals surface area contributed by atoms with E-state index < -0.39 is 15.8 Å². The van der Waals surface area contributed by atoms with Crippen LogP contribution in [0.3, 0.4) is 0 Å². The first-order valence-electron chi connectivity index (χ1n) is 8.60. The molecule has 1 aliphatic rings. The molecule has 1 saturated heterocycles. The monoisotopic (exact) mass is 411 g/mol. The van der Waals surface area contributed by atoms with Crippen LogP contribution in [0.15, 0.2) is 46.0 Å². The van der Waals surface area contributed by atoms with Gasteiger partial charge in [-0.1, -0.05) is 12.1 Å². The lowest BCUT2D eigenvalue weighted by atomic mass is 10.3. The summed E-state index contributed by atoms with van der Waals surface area (Å²) in [4.78, 5) is 15.8. The van der Waals surface area contributed by atoms with Crippen molar-refractivity contribution < 1.29 is 17.6 Å². The molecule has 0 radical (unpaired) electrons. The van der Waals surface area contributed by atoms with E-state index in [1.165, 1.54) is 22.5 Å². The fourth-order valence-corrected chi connectivity index (χ4v) is 5.20. The van der Waals surface area contributed by atoms with Gasteiger partial charge < -0.3 is 4.90 Å². The molecule has 1 aromatic heterocycles. The van der Waals surface area contributed by atoms with Crippen LogP contribution in [-0.2, 0) is 21.4 Å². The summed E-state index contributed by atoms with van der Waals surface area (Å²) in [6.07, 6.45) is 0. The van der Waals surface area contributed by atoms with Gasteiger partial charge in [0, 0.05) is 32.7 Å². The first kappa shape index (κ1) is 19.9. The second-order valence-corrected chi connectivity index (χ2v) is 9.21. The molecule has 1 aromatic carbocycles. The summed E-state index contributed by atoms with van der Waals surface area (Å²) in [6, 6.07) is 7.38. The smallest absolute Gasteiger partial charge is 0.246 e. The topological polar surface area (TPSA) is 60.9 Å². The number of carbonyl (C=O) groups is 1. The molecule has 1 aliphatic heterocycles. The zero-order valence-electron chi connectivity index (χ0n) is 15.0. The first-order chi connectivity index (χ1) is 12.9. The first-order valence-corrected chi connectivity index (χ1v) is 11.0. The van der Waals surface area contributed by atoms with E-state index in [0.717, 1.165) is 11.6 Å². The van der Waals surface area contributed by atoms with Crippen LogP contribution in [0.4, 0.5) is 4.39 Å². The predicted octanol–water partition coefficient (Wildman–Crippen LogP) is 1.85. The van der Waals surface area contributed by atoms with Gasteiger partial charge in [-0.05, 0) is 41.6 Å². The van der Waals surface area contributed by atoms with Gasteiger partial charge >= 0.3 is 0 Å². The molecular weight excluding hydrogens is 389 g/mol. The number of halogens is 1. The normalized spacial score (nSPS) is 16.0. The van der Waals surface area contributed by atoms with Crippen molar-refractivity contribution in [3.05, 3.63) is 52.5 Å². The number of amides is 1. The maximum absolute atomic E-state index is 13.9. The molecule has 146 valence electrons. The summed E-state index contributed by atoms with van der Waals surface area (Å²) in [5, 5.41) is 4.05. The molecule has 0 atom stereocenters. The number of carbonyl (C=O) groups excluding carboxylic acids is 1. The zero-order valence-corrected chi connectivity index (χ0v) is 16.7. The molecule has 0 N–H and O–H groups in total. The summed E-state index contributed by atoms with van der Waals surface area (Å²) < 4.78 is 40.3. The lowest BCUT2D eigenvalue weighted by Crippen LogP contribution is -2.52. The van der Waals surface area contributed by atoms with E-state index in [1.807, 2.05) is 28.8 Å². The lowest BCUT2D eigenvalue weighted by molar-refractivity contribution is -0.133. The van der Waals surface area contributed by atoms with E-state index in [4.69, 9.17) is 0 Å². The summed E-state index contributed by atoms with van der Waals surface area (Å²) in [5.74, 6) is -0.790. The highest BCUT2D eigenvalue weighted by molar-refractivity contribution is 7.89. The molecule has 0 saturated carbocycles. The van der Waals surface area contributed by atoms with Gasteiger partial charge in [-0.3, -0.25) is 9.69 Å². The number of benzene rings is 1. The Balaban J connectivity index is 1.55. The van der Waals surface area contributed by atoms with Gasteiger partial charge in [0.25, 0.3) is 0 Å². The summed E-state index contributed by atoms with van der Waals surface area (Å²) in [5.41, 5.74) is 1.16. The standard InChI is InChI=1S/C18H22FN3O3S2/c1-20(12-15-6-11-26-14-15)13-18(23)21-7-9-22(10-8-21)27(24,25)17-5-3-2-4-16(17)19/h2-6,11,14H,7-10,12-13H2,1H3. The minimum atomic E-state index is -3.89. The third-order valence-corrected chi connectivity index (χ3v) is 7.15. The maximum atomic E-state index is 13.9. The van der Waals surface area contributed by atoms with E-state index >= 15 is 0 Å². The van der Waals surface area contributed by atoms with E-state index in [-0.39, 0.29) is 30.4 Å². The number of sulfonamides is 1. The van der Waals surface area contributed by atoms with E-state index in [2.05, 4.69) is 0 Å². The van der Waals surface area contributed by atoms with Crippen molar-refractivity contribution in [2.75, 3.05) is 39.8 Å². The van der Waals surface area contributed by atoms with Crippen LogP contribution in [-0.4, -0.2) is 68.2 Å². The molecule has 0 aliphatic carbocycles. The van der Waals surface area contributed by atoms with Gasteiger partial charge in [-0.25, -0.2) is 12.8 Å². The summed E-state index contributed by atoms with van der Waals surface area (Å²) in [6.45, 7) is 1.90. The van der Waals surface area contributed by atoms with Crippen molar-refractivity contribution in [2.45, 2.75) is 11.4 Å². The Bertz CT molecular complexity index is 879. The average molecular weight is 412 g/mol. The minimum Gasteiger partial charge on any atom is -0.339 e. The molecule has 1 fully saturated rings. The third-order valence-electron chi connectivity index (χ3n) is 4.48. The quantitative estimate of drug-likeness (QED) is 0.728. The van der Waals surface area contributed by atoms with Crippen LogP contribution in [0.5, 0.6) is 0 Å². The second kappa shape index (κ2) is 8.47. The number of likely N-dealkylation sites (N-methyl/N-ethyl adjacent to an activating group) is 1. The lowest BCUT2D eigenvalue weighted by Gasteiger charge is -2.34. The molecule has 2 aromatic rings. The fourth-order valence-electron chi connectivity index (χ4n) is 3.05. The number of nitrogens with zero attached hydrogens (tertiary/aromatic N) is 3. The van der Waals surface area contributed by atoms with Gasteiger partial charge in [0.05, 0.1) is 6.54 Å². The van der Waals surface area contributed by atoms with E-state index in [0.29, 0.717) is 19.6 Å². The molecule has 9 heteroatoms. The van der Waals surface area contributed by atoms with Crippen molar-refractivity contribution >= 4 is 27.3 Å². The summed E-state index contributed by atoms with van der Waals surface area (Å²) in [7, 11) is -2.00. The molecule has 27 heavy (non-hydrogen) atoms. The molecule has 6 nitrogen and oxygen atoms in total. The Hall–Kier alpha value is -1.81. The van der Waals surface area contributed by atoms with Crippen LogP contribution >= 0.6 is 11.3 Å². The Morgan fingerprint density at radius 1 is 1.19 bits per heavy atom. The van der Waals surface area contributed by atoms with Crippen LogP contribution in [0.1, 0.15) is 5.56 Å². The van der Waals surface area contributed by atoms with Crippen molar-refractivity contribution in [1.29, 1.82) is 0 Å². The molecular formula is C18H22FN3O3S2. The van der Waals surface area contributed by atoms with Gasteiger partial charge in [-0.15, -0.1) is 0 Å². The number of rotatable bonds is 6. The average Bonchev–Trinajstić information content (AvgIpc) is 3.14. The van der Waals surface area contributed by atoms with Gasteiger partial charge in [-0.2, -0.15) is 15.6 Å². The van der Waals surface area contributed by atoms with Crippen molar-refractivity contribution in [3.63, 3.8) is 0 Å². The number of thiophene rings is 1. The molecule has 0 spiro atoms. The van der Waals surface area contributed by atoms with Crippen molar-refractivity contribution in [1.82, 2.24) is 14.1 Å². The zero-order chi connectivity index (χ0) is 19.4. The highest BCUT2D eigenvalue weighted by Crippen LogP contribution is 2.20. The Morgan fingerprint density at radius 2 is 1.89 bits per heavy atom. The highest BCUT2D eigenvalue weighted by Gasteiger charge is 2.31. The molecule has 2 heterocycles. The third kappa shape index (κ3) is 4.73. The van der Waals surface area contributed by atoms with Gasteiger partial charge in [0.2, 0.25) is 15.9 Å². The van der Waals surface area contributed by atoms with E-state index in [1.54, 1.807) is 16.2 Å². The second-order valence-electron chi connectivity index (χ2n) is 6.52. The molecule has 0 bridgehead atoms. The molecule has 3 rings (SSSR count). The largest absolute Gasteiger partial charge is 0.339 e. The maximum Gasteiger partial charge on any atom is 0.246 e. The van der Waals surface area contributed by atoms with Gasteiger partial charge in [0.1, 0.15) is 10.7 Å². The van der Waals surface area contributed by atoms with Crippen LogP contribution in [0.2, 0.25) is 0 Å². The van der Waals surface area contributed by atoms with Crippen molar-refractivity contribution in [2.24, 2.45) is 0 Å². The minimum absolute atomic E-state index is 0.0318. The van der Waals surface area contributed by atoms with Gasteiger partial charge in [0.15, 0.2) is 0 Å². The van der Waals surface area contributed by atoms with Crippen LogP contribution in [0, 0.1) is 5.82 Å². The number of hydrogen-bond acceptors (Lipinski definition) is 5. The van der Waals surface area contributed by atoms with Crippen LogP contribution < -0.4 is 0 Å². The number of hydrogen-bond donors (Lipinski definition) is 0. The highest BCUT2D eigenvalue weighted by atomic mass is 32.2. The summed E-state index contributed by atoms with van der Waals surface area (Å²) >= 11 is 1.62. The molecule has 0 unspecified atom stereocenters. The molecule has 1 amide bonds. The van der Waals surface area contributed by atoms with Crippen LogP contribution in [0.25, 0.3) is 0 Å². The Kier molecular flexibility index (Phi) is 6.25. The SMILES string of the molecule is CN(CC(=O)N1CCN(S(=O)(=O)c2ccccc2F)CC1)Cc1ccsc1. The Morgan fingerprint density at radius 3 is 2.52 bits per heavy atom.